The number of nitrogens with zero attached hydrogens (tertiary/aromatic N) is 3. The summed E-state index contributed by atoms with van der Waals surface area (Å²) >= 11 is 6.18. The molecule has 1 aromatic heterocycles. The van der Waals surface area contributed by atoms with Crippen molar-refractivity contribution >= 4 is 35.1 Å². The summed E-state index contributed by atoms with van der Waals surface area (Å²) in [5, 5.41) is 7.59. The van der Waals surface area contributed by atoms with Crippen molar-refractivity contribution in [1.82, 2.24) is 14.7 Å². The Balaban J connectivity index is 1.55. The zero-order valence-electron chi connectivity index (χ0n) is 18.2. The average molecular weight is 455 g/mol. The van der Waals surface area contributed by atoms with E-state index in [0.29, 0.717) is 21.8 Å². The number of hydrogen-bond donors (Lipinski definition) is 1. The first-order valence-corrected chi connectivity index (χ1v) is 10.2. The molecule has 8 nitrogen and oxygen atoms in total. The van der Waals surface area contributed by atoms with Gasteiger partial charge in [0.2, 0.25) is 0 Å². The zero-order valence-corrected chi connectivity index (χ0v) is 18.9. The van der Waals surface area contributed by atoms with Crippen LogP contribution in [0, 0.1) is 13.8 Å². The van der Waals surface area contributed by atoms with E-state index in [-0.39, 0.29) is 5.91 Å². The molecule has 1 N–H and O–H groups in total. The number of anilines is 1. The Labute approximate surface area is 190 Å². The highest BCUT2D eigenvalue weighted by Crippen LogP contribution is 2.22. The van der Waals surface area contributed by atoms with Crippen molar-refractivity contribution in [2.45, 2.75) is 13.8 Å². The molecule has 2 aromatic carbocycles. The lowest BCUT2D eigenvalue weighted by Gasteiger charge is -2.11. The minimum atomic E-state index is -0.620. The summed E-state index contributed by atoms with van der Waals surface area (Å²) in [4.78, 5) is 37.7. The molecule has 166 valence electrons. The van der Waals surface area contributed by atoms with Crippen LogP contribution in [-0.2, 0) is 9.53 Å². The van der Waals surface area contributed by atoms with Gasteiger partial charge in [-0.15, -0.1) is 0 Å². The van der Waals surface area contributed by atoms with E-state index < -0.39 is 18.5 Å². The number of rotatable bonds is 6. The number of hydrogen-bond acceptors (Lipinski definition) is 5. The Morgan fingerprint density at radius 3 is 2.12 bits per heavy atom. The van der Waals surface area contributed by atoms with Crippen molar-refractivity contribution in [2.75, 3.05) is 26.0 Å². The number of amides is 2. The van der Waals surface area contributed by atoms with Crippen LogP contribution in [0.4, 0.5) is 5.69 Å². The summed E-state index contributed by atoms with van der Waals surface area (Å²) in [5.74, 6) is -1.24. The summed E-state index contributed by atoms with van der Waals surface area (Å²) in [7, 11) is 3.32. The minimum Gasteiger partial charge on any atom is -0.452 e. The summed E-state index contributed by atoms with van der Waals surface area (Å²) in [5.41, 5.74) is 3.58. The molecule has 0 unspecified atom stereocenters. The van der Waals surface area contributed by atoms with Crippen molar-refractivity contribution in [3.63, 3.8) is 0 Å². The molecule has 0 saturated heterocycles. The Morgan fingerprint density at radius 2 is 1.59 bits per heavy atom. The molecule has 0 saturated carbocycles. The molecule has 0 bridgehead atoms. The van der Waals surface area contributed by atoms with Crippen LogP contribution in [-0.4, -0.2) is 53.2 Å². The molecule has 0 aliphatic carbocycles. The predicted octanol–water partition coefficient (Wildman–Crippen LogP) is 3.64. The van der Waals surface area contributed by atoms with Crippen LogP contribution in [0.3, 0.4) is 0 Å². The molecule has 3 rings (SSSR count). The van der Waals surface area contributed by atoms with Crippen LogP contribution in [0.5, 0.6) is 0 Å². The number of aromatic nitrogens is 2. The topological polar surface area (TPSA) is 93.5 Å². The molecule has 3 aromatic rings. The van der Waals surface area contributed by atoms with Gasteiger partial charge in [0.1, 0.15) is 0 Å². The van der Waals surface area contributed by atoms with Gasteiger partial charge in [-0.3, -0.25) is 9.59 Å². The summed E-state index contributed by atoms with van der Waals surface area (Å²) in [6, 6.07) is 13.1. The van der Waals surface area contributed by atoms with Crippen LogP contribution >= 0.6 is 11.6 Å². The maximum absolute atomic E-state index is 12.3. The van der Waals surface area contributed by atoms with Crippen LogP contribution in [0.1, 0.15) is 32.1 Å². The number of halogens is 1. The highest BCUT2D eigenvalue weighted by Gasteiger charge is 2.14. The molecule has 0 radical (unpaired) electrons. The van der Waals surface area contributed by atoms with Crippen molar-refractivity contribution in [1.29, 1.82) is 0 Å². The fourth-order valence-corrected chi connectivity index (χ4v) is 3.10. The fourth-order valence-electron chi connectivity index (χ4n) is 2.98. The van der Waals surface area contributed by atoms with Crippen LogP contribution in [0.15, 0.2) is 48.5 Å². The van der Waals surface area contributed by atoms with Crippen LogP contribution in [0.2, 0.25) is 5.02 Å². The first kappa shape index (κ1) is 23.0. The quantitative estimate of drug-likeness (QED) is 0.574. The molecule has 2 amide bonds. The number of esters is 1. The first-order chi connectivity index (χ1) is 15.2. The number of ether oxygens (including phenoxy) is 1. The van der Waals surface area contributed by atoms with Gasteiger partial charge in [-0.2, -0.15) is 5.10 Å². The monoisotopic (exact) mass is 454 g/mol. The number of aryl methyl sites for hydroxylation is 1. The third-order valence-electron chi connectivity index (χ3n) is 4.71. The van der Waals surface area contributed by atoms with Crippen molar-refractivity contribution in [3.8, 4) is 5.69 Å². The van der Waals surface area contributed by atoms with Gasteiger partial charge in [-0.05, 0) is 62.4 Å². The SMILES string of the molecule is Cc1nn(-c2ccc(C(=O)OCC(=O)Nc3ccc(C(=O)N(C)C)cc3)cc2)c(C)c1Cl. The Bertz CT molecular complexity index is 1150. The van der Waals surface area contributed by atoms with E-state index in [4.69, 9.17) is 16.3 Å². The molecule has 1 heterocycles. The summed E-state index contributed by atoms with van der Waals surface area (Å²) in [6.07, 6.45) is 0. The zero-order chi connectivity index (χ0) is 23.4. The maximum Gasteiger partial charge on any atom is 0.338 e. The van der Waals surface area contributed by atoms with Gasteiger partial charge in [0.25, 0.3) is 11.8 Å². The normalized spacial score (nSPS) is 10.5. The average Bonchev–Trinajstić information content (AvgIpc) is 3.04. The van der Waals surface area contributed by atoms with E-state index in [2.05, 4.69) is 10.4 Å². The molecular formula is C23H23ClN4O4. The van der Waals surface area contributed by atoms with Gasteiger partial charge in [-0.25, -0.2) is 9.48 Å². The number of benzene rings is 2. The Morgan fingerprint density at radius 1 is 1.00 bits per heavy atom. The number of carbonyl (C=O) groups is 3. The molecule has 0 atom stereocenters. The lowest BCUT2D eigenvalue weighted by molar-refractivity contribution is -0.119. The Kier molecular flexibility index (Phi) is 6.95. The predicted molar refractivity (Wildman–Crippen MR) is 121 cm³/mol. The molecule has 0 aliphatic rings. The largest absolute Gasteiger partial charge is 0.452 e. The number of carbonyl (C=O) groups excluding carboxylic acids is 3. The van der Waals surface area contributed by atoms with Gasteiger partial charge < -0.3 is 15.0 Å². The van der Waals surface area contributed by atoms with Crippen molar-refractivity contribution in [2.24, 2.45) is 0 Å². The standard InChI is InChI=1S/C23H23ClN4O4/c1-14-21(24)15(2)28(26-14)19-11-7-17(8-12-19)23(31)32-13-20(29)25-18-9-5-16(6-10-18)22(30)27(3)4/h5-12H,13H2,1-4H3,(H,25,29). The second-order valence-electron chi connectivity index (χ2n) is 7.34. The lowest BCUT2D eigenvalue weighted by atomic mass is 10.2. The van der Waals surface area contributed by atoms with Crippen LogP contribution < -0.4 is 5.32 Å². The second kappa shape index (κ2) is 9.65. The van der Waals surface area contributed by atoms with E-state index in [1.807, 2.05) is 13.8 Å². The van der Waals surface area contributed by atoms with Crippen LogP contribution in [0.25, 0.3) is 5.69 Å². The summed E-state index contributed by atoms with van der Waals surface area (Å²) < 4.78 is 6.78. The highest BCUT2D eigenvalue weighted by molar-refractivity contribution is 6.31. The van der Waals surface area contributed by atoms with E-state index in [1.165, 1.54) is 4.90 Å². The van der Waals surface area contributed by atoms with Gasteiger partial charge in [-0.1, -0.05) is 11.6 Å². The molecule has 0 fully saturated rings. The Hall–Kier alpha value is -3.65. The highest BCUT2D eigenvalue weighted by atomic mass is 35.5. The number of nitrogens with one attached hydrogen (secondary N) is 1. The minimum absolute atomic E-state index is 0.135. The lowest BCUT2D eigenvalue weighted by Crippen LogP contribution is -2.22. The smallest absolute Gasteiger partial charge is 0.338 e. The van der Waals surface area contributed by atoms with E-state index in [1.54, 1.807) is 67.3 Å². The van der Waals surface area contributed by atoms with Gasteiger partial charge in [0.05, 0.1) is 27.7 Å². The van der Waals surface area contributed by atoms with E-state index in [0.717, 1.165) is 17.1 Å². The maximum atomic E-state index is 12.3. The second-order valence-corrected chi connectivity index (χ2v) is 7.72. The van der Waals surface area contributed by atoms with Crippen molar-refractivity contribution < 1.29 is 19.1 Å². The third kappa shape index (κ3) is 5.15. The van der Waals surface area contributed by atoms with Gasteiger partial charge in [0.15, 0.2) is 6.61 Å². The van der Waals surface area contributed by atoms with Gasteiger partial charge >= 0.3 is 5.97 Å². The molecule has 0 aliphatic heterocycles. The van der Waals surface area contributed by atoms with E-state index in [9.17, 15) is 14.4 Å². The molecule has 0 spiro atoms. The van der Waals surface area contributed by atoms with Gasteiger partial charge in [0, 0.05) is 25.3 Å². The van der Waals surface area contributed by atoms with E-state index >= 15 is 0 Å². The molecule has 32 heavy (non-hydrogen) atoms. The molecule has 9 heteroatoms. The first-order valence-electron chi connectivity index (χ1n) is 9.78. The molecular weight excluding hydrogens is 432 g/mol. The fraction of sp³-hybridized carbons (Fsp3) is 0.217. The van der Waals surface area contributed by atoms with Crippen molar-refractivity contribution in [3.05, 3.63) is 76.1 Å². The third-order valence-corrected chi connectivity index (χ3v) is 5.25. The summed E-state index contributed by atoms with van der Waals surface area (Å²) in [6.45, 7) is 3.24.